The Kier molecular flexibility index (Phi) is 11.1. The van der Waals surface area contributed by atoms with E-state index < -0.39 is 11.9 Å². The highest BCUT2D eigenvalue weighted by Gasteiger charge is 2.22. The number of esters is 2. The van der Waals surface area contributed by atoms with Crippen LogP contribution in [0.5, 0.6) is 0 Å². The van der Waals surface area contributed by atoms with Crippen molar-refractivity contribution >= 4 is 34.6 Å². The summed E-state index contributed by atoms with van der Waals surface area (Å²) < 4.78 is 10.5. The molecule has 0 aliphatic carbocycles. The summed E-state index contributed by atoms with van der Waals surface area (Å²) in [4.78, 5) is 26.7. The Morgan fingerprint density at radius 3 is 2.32 bits per heavy atom. The summed E-state index contributed by atoms with van der Waals surface area (Å²) in [5.74, 6) is -0.956. The van der Waals surface area contributed by atoms with Crippen LogP contribution in [-0.2, 0) is 9.47 Å². The minimum atomic E-state index is -0.600. The van der Waals surface area contributed by atoms with Crippen LogP contribution in [0.15, 0.2) is 18.2 Å². The predicted molar refractivity (Wildman–Crippen MR) is 104 cm³/mol. The smallest absolute Gasteiger partial charge is 0.341 e. The zero-order chi connectivity index (χ0) is 18.1. The number of carbonyl (C=O) groups is 2. The van der Waals surface area contributed by atoms with Crippen LogP contribution < -0.4 is 5.73 Å². The van der Waals surface area contributed by atoms with Gasteiger partial charge in [0.15, 0.2) is 0 Å². The highest BCUT2D eigenvalue weighted by atomic mass is 79.9. The first-order valence-electron chi connectivity index (χ1n) is 8.35. The number of anilines is 1. The van der Waals surface area contributed by atoms with E-state index in [4.69, 9.17) is 15.2 Å². The molecule has 2 N–H and O–H groups in total. The molecule has 0 atom stereocenters. The van der Waals surface area contributed by atoms with Crippen molar-refractivity contribution in [2.24, 2.45) is 5.92 Å². The normalized spacial score (nSPS) is 10.5. The first-order chi connectivity index (χ1) is 11.4. The third kappa shape index (κ3) is 7.44. The van der Waals surface area contributed by atoms with Gasteiger partial charge in [-0.3, -0.25) is 0 Å². The molecule has 0 fully saturated rings. The van der Waals surface area contributed by atoms with Crippen LogP contribution in [0.2, 0.25) is 0 Å². The van der Waals surface area contributed by atoms with Crippen molar-refractivity contribution in [3.63, 3.8) is 0 Å². The maximum Gasteiger partial charge on any atom is 0.341 e. The maximum atomic E-state index is 12.4. The van der Waals surface area contributed by atoms with Gasteiger partial charge in [0.1, 0.15) is 6.61 Å². The van der Waals surface area contributed by atoms with Gasteiger partial charge in [-0.25, -0.2) is 9.59 Å². The van der Waals surface area contributed by atoms with E-state index in [-0.39, 0.29) is 52.9 Å². The number of nitrogens with zero attached hydrogens (tertiary/aromatic N) is 1. The van der Waals surface area contributed by atoms with Crippen LogP contribution in [-0.4, -0.2) is 49.7 Å². The molecule has 0 unspecified atom stereocenters. The van der Waals surface area contributed by atoms with Crippen LogP contribution in [0, 0.1) is 5.92 Å². The zero-order valence-electron chi connectivity index (χ0n) is 15.4. The summed E-state index contributed by atoms with van der Waals surface area (Å²) in [6.07, 6.45) is 0. The molecule has 25 heavy (non-hydrogen) atoms. The van der Waals surface area contributed by atoms with Crippen LogP contribution in [0.1, 0.15) is 48.4 Å². The molecule has 0 aromatic heterocycles. The third-order valence-electron chi connectivity index (χ3n) is 3.60. The number of ether oxygens (including phenoxy) is 2. The summed E-state index contributed by atoms with van der Waals surface area (Å²) in [7, 11) is 0. The number of benzene rings is 1. The van der Waals surface area contributed by atoms with Gasteiger partial charge in [0.05, 0.1) is 17.7 Å². The van der Waals surface area contributed by atoms with E-state index >= 15 is 0 Å². The fourth-order valence-corrected chi connectivity index (χ4v) is 2.17. The van der Waals surface area contributed by atoms with E-state index in [2.05, 4.69) is 4.90 Å². The molecule has 1 aromatic carbocycles. The summed E-state index contributed by atoms with van der Waals surface area (Å²) in [5, 5.41) is 0. The topological polar surface area (TPSA) is 81.9 Å². The lowest BCUT2D eigenvalue weighted by atomic mass is 10.1. The standard InChI is InChI=1S/C18H28N2O4.BrH/c1-5-20(6-2)10-11-23-18(22)16-14(8-7-9-15(16)19)17(21)24-12-13(3)4;/h7-9,13H,5-6,10-12,19H2,1-4H3;1H. The van der Waals surface area contributed by atoms with Crippen molar-refractivity contribution in [3.05, 3.63) is 29.3 Å². The van der Waals surface area contributed by atoms with Gasteiger partial charge >= 0.3 is 11.9 Å². The maximum absolute atomic E-state index is 12.4. The van der Waals surface area contributed by atoms with E-state index in [9.17, 15) is 9.59 Å². The summed E-state index contributed by atoms with van der Waals surface area (Å²) in [6.45, 7) is 10.9. The number of likely N-dealkylation sites (N-methyl/N-ethyl adjacent to an activating group) is 1. The lowest BCUT2D eigenvalue weighted by Crippen LogP contribution is -2.28. The Morgan fingerprint density at radius 2 is 1.76 bits per heavy atom. The fourth-order valence-electron chi connectivity index (χ4n) is 2.17. The molecule has 7 heteroatoms. The average Bonchev–Trinajstić information content (AvgIpc) is 2.56. The largest absolute Gasteiger partial charge is 0.462 e. The van der Waals surface area contributed by atoms with Gasteiger partial charge in [-0.05, 0) is 31.1 Å². The Bertz CT molecular complexity index is 560. The second kappa shape index (κ2) is 11.9. The molecule has 0 bridgehead atoms. The molecule has 0 aliphatic rings. The second-order valence-electron chi connectivity index (χ2n) is 5.92. The van der Waals surface area contributed by atoms with Gasteiger partial charge < -0.3 is 20.1 Å². The van der Waals surface area contributed by atoms with Crippen molar-refractivity contribution in [1.82, 2.24) is 4.90 Å². The van der Waals surface area contributed by atoms with Gasteiger partial charge in [0, 0.05) is 12.2 Å². The van der Waals surface area contributed by atoms with Crippen molar-refractivity contribution in [3.8, 4) is 0 Å². The first-order valence-corrected chi connectivity index (χ1v) is 8.35. The Labute approximate surface area is 160 Å². The number of nitrogen functional groups attached to an aromatic ring is 1. The molecule has 0 amide bonds. The molecule has 0 spiro atoms. The van der Waals surface area contributed by atoms with Crippen LogP contribution >= 0.6 is 17.0 Å². The number of hydrogen-bond acceptors (Lipinski definition) is 6. The fraction of sp³-hybridized carbons (Fsp3) is 0.556. The van der Waals surface area contributed by atoms with Crippen molar-refractivity contribution in [1.29, 1.82) is 0 Å². The number of carbonyl (C=O) groups excluding carboxylic acids is 2. The van der Waals surface area contributed by atoms with Crippen molar-refractivity contribution < 1.29 is 19.1 Å². The monoisotopic (exact) mass is 416 g/mol. The molecule has 0 heterocycles. The minimum absolute atomic E-state index is 0. The van der Waals surface area contributed by atoms with Gasteiger partial charge in [-0.1, -0.05) is 33.8 Å². The average molecular weight is 417 g/mol. The molecular formula is C18H29BrN2O4. The van der Waals surface area contributed by atoms with Gasteiger partial charge in [0.2, 0.25) is 0 Å². The van der Waals surface area contributed by atoms with Gasteiger partial charge in [-0.15, -0.1) is 17.0 Å². The highest BCUT2D eigenvalue weighted by molar-refractivity contribution is 8.93. The first kappa shape index (κ1) is 23.4. The number of rotatable bonds is 9. The third-order valence-corrected chi connectivity index (χ3v) is 3.60. The lowest BCUT2D eigenvalue weighted by molar-refractivity contribution is 0.0417. The molecule has 0 saturated carbocycles. The molecule has 142 valence electrons. The van der Waals surface area contributed by atoms with Gasteiger partial charge in [0.25, 0.3) is 0 Å². The van der Waals surface area contributed by atoms with Crippen molar-refractivity contribution in [2.75, 3.05) is 38.6 Å². The summed E-state index contributed by atoms with van der Waals surface area (Å²) in [6, 6.07) is 4.72. The van der Waals surface area contributed by atoms with E-state index in [1.807, 2.05) is 27.7 Å². The van der Waals surface area contributed by atoms with Crippen LogP contribution in [0.4, 0.5) is 5.69 Å². The zero-order valence-corrected chi connectivity index (χ0v) is 17.1. The minimum Gasteiger partial charge on any atom is -0.462 e. The molecule has 6 nitrogen and oxygen atoms in total. The molecule has 1 rings (SSSR count). The molecular weight excluding hydrogens is 388 g/mol. The van der Waals surface area contributed by atoms with E-state index in [0.29, 0.717) is 6.54 Å². The van der Waals surface area contributed by atoms with Gasteiger partial charge in [-0.2, -0.15) is 0 Å². The van der Waals surface area contributed by atoms with Crippen LogP contribution in [0.3, 0.4) is 0 Å². The van der Waals surface area contributed by atoms with Crippen molar-refractivity contribution in [2.45, 2.75) is 27.7 Å². The molecule has 0 radical (unpaired) electrons. The quantitative estimate of drug-likeness (QED) is 0.491. The Morgan fingerprint density at radius 1 is 1.12 bits per heavy atom. The number of nitrogens with two attached hydrogens (primary N) is 1. The Balaban J connectivity index is 0.00000576. The number of hydrogen-bond donors (Lipinski definition) is 1. The number of halogens is 1. The lowest BCUT2D eigenvalue weighted by Gasteiger charge is -2.18. The molecule has 1 aromatic rings. The predicted octanol–water partition coefficient (Wildman–Crippen LogP) is 3.16. The molecule has 0 aliphatic heterocycles. The summed E-state index contributed by atoms with van der Waals surface area (Å²) >= 11 is 0. The van der Waals surface area contributed by atoms with E-state index in [0.717, 1.165) is 13.1 Å². The highest BCUT2D eigenvalue weighted by Crippen LogP contribution is 2.19. The SMILES string of the molecule is Br.CCN(CC)CCOC(=O)c1c(N)cccc1C(=O)OCC(C)C. The summed E-state index contributed by atoms with van der Waals surface area (Å²) in [5.41, 5.74) is 6.31. The van der Waals surface area contributed by atoms with Crippen LogP contribution in [0.25, 0.3) is 0 Å². The van der Waals surface area contributed by atoms with E-state index in [1.165, 1.54) is 6.07 Å². The van der Waals surface area contributed by atoms with E-state index in [1.54, 1.807) is 12.1 Å². The Hall–Kier alpha value is -1.60. The second-order valence-corrected chi connectivity index (χ2v) is 5.92. The molecule has 0 saturated heterocycles.